The Bertz CT molecular complexity index is 700. The molecule has 2 rings (SSSR count). The molecule has 1 saturated heterocycles. The molecule has 0 radical (unpaired) electrons. The number of benzene rings is 1. The van der Waals surface area contributed by atoms with E-state index in [0.717, 1.165) is 5.56 Å². The number of hydrogen-bond acceptors (Lipinski definition) is 4. The first-order chi connectivity index (χ1) is 11.1. The minimum absolute atomic E-state index is 0.232. The third-order valence-electron chi connectivity index (χ3n) is 3.52. The maximum absolute atomic E-state index is 12.5. The summed E-state index contributed by atoms with van der Waals surface area (Å²) in [5, 5.41) is 0.589. The SMILES string of the molecule is CC(C)(C)OC(=O)N1CCC(NS(=O)(=O)c2cccc(CBr)c2)C1. The number of carbonyl (C=O) groups is 1. The summed E-state index contributed by atoms with van der Waals surface area (Å²) in [6.07, 6.45) is 0.154. The molecular formula is C16H23BrN2O4S. The van der Waals surface area contributed by atoms with Crippen LogP contribution in [-0.4, -0.2) is 44.1 Å². The number of nitrogens with one attached hydrogen (secondary N) is 1. The molecule has 1 fully saturated rings. The second-order valence-corrected chi connectivity index (χ2v) is 9.09. The minimum Gasteiger partial charge on any atom is -0.444 e. The normalized spacial score (nSPS) is 18.7. The van der Waals surface area contributed by atoms with E-state index in [4.69, 9.17) is 4.74 Å². The average molecular weight is 419 g/mol. The maximum atomic E-state index is 12.5. The molecule has 1 aliphatic rings. The lowest BCUT2D eigenvalue weighted by atomic mass is 10.2. The molecule has 1 N–H and O–H groups in total. The molecule has 0 bridgehead atoms. The fourth-order valence-corrected chi connectivity index (χ4v) is 4.11. The fourth-order valence-electron chi connectivity index (χ4n) is 2.43. The molecule has 6 nitrogen and oxygen atoms in total. The van der Waals surface area contributed by atoms with Crippen LogP contribution in [0, 0.1) is 0 Å². The van der Waals surface area contributed by atoms with Gasteiger partial charge in [-0.1, -0.05) is 28.1 Å². The first kappa shape index (κ1) is 19.2. The summed E-state index contributed by atoms with van der Waals surface area (Å²) in [4.78, 5) is 13.8. The van der Waals surface area contributed by atoms with Gasteiger partial charge in [-0.2, -0.15) is 0 Å². The number of ether oxygens (including phenoxy) is 1. The van der Waals surface area contributed by atoms with Gasteiger partial charge in [0.15, 0.2) is 0 Å². The number of rotatable bonds is 4. The second kappa shape index (κ2) is 7.41. The van der Waals surface area contributed by atoms with Gasteiger partial charge in [0.05, 0.1) is 4.90 Å². The second-order valence-electron chi connectivity index (χ2n) is 6.81. The molecule has 0 spiro atoms. The van der Waals surface area contributed by atoms with Gasteiger partial charge in [-0.3, -0.25) is 0 Å². The van der Waals surface area contributed by atoms with Crippen LogP contribution in [-0.2, 0) is 20.1 Å². The monoisotopic (exact) mass is 418 g/mol. The van der Waals surface area contributed by atoms with Crippen molar-refractivity contribution in [1.82, 2.24) is 9.62 Å². The quantitative estimate of drug-likeness (QED) is 0.762. The molecule has 1 aromatic rings. The van der Waals surface area contributed by atoms with Crippen LogP contribution in [0.15, 0.2) is 29.2 Å². The molecule has 1 aromatic carbocycles. The van der Waals surface area contributed by atoms with Crippen LogP contribution in [0.2, 0.25) is 0 Å². The molecule has 24 heavy (non-hydrogen) atoms. The number of amides is 1. The van der Waals surface area contributed by atoms with E-state index in [1.54, 1.807) is 39.0 Å². The highest BCUT2D eigenvalue weighted by atomic mass is 79.9. The van der Waals surface area contributed by atoms with Crippen molar-refractivity contribution in [2.75, 3.05) is 13.1 Å². The van der Waals surface area contributed by atoms with Crippen molar-refractivity contribution in [3.05, 3.63) is 29.8 Å². The zero-order valence-corrected chi connectivity index (χ0v) is 16.5. The van der Waals surface area contributed by atoms with Crippen LogP contribution < -0.4 is 4.72 Å². The summed E-state index contributed by atoms with van der Waals surface area (Å²) >= 11 is 3.32. The maximum Gasteiger partial charge on any atom is 0.410 e. The molecule has 0 aromatic heterocycles. The van der Waals surface area contributed by atoms with E-state index in [9.17, 15) is 13.2 Å². The van der Waals surface area contributed by atoms with E-state index in [0.29, 0.717) is 24.8 Å². The topological polar surface area (TPSA) is 75.7 Å². The molecule has 1 heterocycles. The van der Waals surface area contributed by atoms with E-state index in [1.807, 2.05) is 6.07 Å². The van der Waals surface area contributed by atoms with Crippen molar-refractivity contribution in [3.63, 3.8) is 0 Å². The summed E-state index contributed by atoms with van der Waals surface area (Å²) < 4.78 is 33.0. The lowest BCUT2D eigenvalue weighted by molar-refractivity contribution is 0.0292. The number of sulfonamides is 1. The highest BCUT2D eigenvalue weighted by molar-refractivity contribution is 9.08. The van der Waals surface area contributed by atoms with Gasteiger partial charge in [-0.15, -0.1) is 0 Å². The highest BCUT2D eigenvalue weighted by Gasteiger charge is 2.32. The minimum atomic E-state index is -3.61. The Morgan fingerprint density at radius 3 is 2.75 bits per heavy atom. The molecule has 1 unspecified atom stereocenters. The first-order valence-electron chi connectivity index (χ1n) is 7.76. The molecule has 0 saturated carbocycles. The first-order valence-corrected chi connectivity index (χ1v) is 10.4. The number of nitrogens with zero attached hydrogens (tertiary/aromatic N) is 1. The summed E-state index contributed by atoms with van der Waals surface area (Å²) in [5.74, 6) is 0. The predicted octanol–water partition coefficient (Wildman–Crippen LogP) is 2.87. The van der Waals surface area contributed by atoms with E-state index < -0.39 is 21.7 Å². The average Bonchev–Trinajstić information content (AvgIpc) is 2.93. The number of hydrogen-bond donors (Lipinski definition) is 1. The fraction of sp³-hybridized carbons (Fsp3) is 0.562. The zero-order valence-electron chi connectivity index (χ0n) is 14.1. The molecule has 1 aliphatic heterocycles. The van der Waals surface area contributed by atoms with Gasteiger partial charge in [0.25, 0.3) is 0 Å². The van der Waals surface area contributed by atoms with E-state index >= 15 is 0 Å². The Labute approximate surface area is 151 Å². The van der Waals surface area contributed by atoms with E-state index in [2.05, 4.69) is 20.7 Å². The Morgan fingerprint density at radius 1 is 1.42 bits per heavy atom. The number of halogens is 1. The standard InChI is InChI=1S/C16H23BrN2O4S/c1-16(2,3)23-15(20)19-8-7-13(11-19)18-24(21,22)14-6-4-5-12(9-14)10-17/h4-6,9,13,18H,7-8,10-11H2,1-3H3. The van der Waals surface area contributed by atoms with Gasteiger partial charge >= 0.3 is 6.09 Å². The number of likely N-dealkylation sites (tertiary alicyclic amines) is 1. The number of carbonyl (C=O) groups excluding carboxylic acids is 1. The van der Waals surface area contributed by atoms with E-state index in [1.165, 1.54) is 4.90 Å². The Hall–Kier alpha value is -1.12. The van der Waals surface area contributed by atoms with Crippen LogP contribution in [0.25, 0.3) is 0 Å². The summed E-state index contributed by atoms with van der Waals surface area (Å²) in [7, 11) is -3.61. The molecule has 0 aliphatic carbocycles. The number of alkyl halides is 1. The van der Waals surface area contributed by atoms with Crippen molar-refractivity contribution in [1.29, 1.82) is 0 Å². The van der Waals surface area contributed by atoms with Gasteiger partial charge < -0.3 is 9.64 Å². The van der Waals surface area contributed by atoms with Crippen LogP contribution >= 0.6 is 15.9 Å². The zero-order chi connectivity index (χ0) is 18.0. The molecule has 134 valence electrons. The third kappa shape index (κ3) is 5.19. The van der Waals surface area contributed by atoms with Crippen molar-refractivity contribution in [2.24, 2.45) is 0 Å². The molecule has 8 heteroatoms. The van der Waals surface area contributed by atoms with Gasteiger partial charge in [0.1, 0.15) is 5.60 Å². The van der Waals surface area contributed by atoms with Crippen molar-refractivity contribution in [2.45, 2.75) is 49.1 Å². The predicted molar refractivity (Wildman–Crippen MR) is 95.6 cm³/mol. The summed E-state index contributed by atoms with van der Waals surface area (Å²) in [5.41, 5.74) is 0.324. The van der Waals surface area contributed by atoms with Crippen LogP contribution in [0.1, 0.15) is 32.8 Å². The van der Waals surface area contributed by atoms with Crippen LogP contribution in [0.3, 0.4) is 0 Å². The van der Waals surface area contributed by atoms with Gasteiger partial charge in [-0.25, -0.2) is 17.9 Å². The lowest BCUT2D eigenvalue weighted by Gasteiger charge is -2.24. The summed E-state index contributed by atoms with van der Waals surface area (Å²) in [6.45, 7) is 6.20. The van der Waals surface area contributed by atoms with Crippen molar-refractivity contribution < 1.29 is 17.9 Å². The molecule has 1 atom stereocenters. The molecule has 1 amide bonds. The van der Waals surface area contributed by atoms with Crippen molar-refractivity contribution in [3.8, 4) is 0 Å². The Balaban J connectivity index is 2.00. The van der Waals surface area contributed by atoms with Crippen LogP contribution in [0.5, 0.6) is 0 Å². The van der Waals surface area contributed by atoms with Crippen LogP contribution in [0.4, 0.5) is 4.79 Å². The lowest BCUT2D eigenvalue weighted by Crippen LogP contribution is -2.40. The van der Waals surface area contributed by atoms with E-state index in [-0.39, 0.29) is 10.9 Å². The molecular weight excluding hydrogens is 396 g/mol. The van der Waals surface area contributed by atoms with Crippen molar-refractivity contribution >= 4 is 32.0 Å². The van der Waals surface area contributed by atoms with Gasteiger partial charge in [-0.05, 0) is 44.9 Å². The Morgan fingerprint density at radius 2 is 2.12 bits per heavy atom. The smallest absolute Gasteiger partial charge is 0.410 e. The largest absolute Gasteiger partial charge is 0.444 e. The third-order valence-corrected chi connectivity index (χ3v) is 5.69. The van der Waals surface area contributed by atoms with Gasteiger partial charge in [0, 0.05) is 24.5 Å². The summed E-state index contributed by atoms with van der Waals surface area (Å²) in [6, 6.07) is 6.46. The van der Waals surface area contributed by atoms with Gasteiger partial charge in [0.2, 0.25) is 10.0 Å². The highest BCUT2D eigenvalue weighted by Crippen LogP contribution is 2.18. The Kier molecular flexibility index (Phi) is 5.93.